The Labute approximate surface area is 124 Å². The topological polar surface area (TPSA) is 56.1 Å². The van der Waals surface area contributed by atoms with Crippen molar-refractivity contribution in [1.82, 2.24) is 9.97 Å². The maximum atomic E-state index is 9.20. The van der Waals surface area contributed by atoms with Gasteiger partial charge < -0.3 is 9.80 Å². The van der Waals surface area contributed by atoms with Crippen LogP contribution < -0.4 is 9.80 Å². The van der Waals surface area contributed by atoms with Crippen LogP contribution in [0.25, 0.3) is 0 Å². The zero-order chi connectivity index (χ0) is 14.7. The fraction of sp³-hybridized carbons (Fsp3) is 0.312. The molecule has 2 aromatic rings. The summed E-state index contributed by atoms with van der Waals surface area (Å²) in [6.07, 6.45) is 3.58. The lowest BCUT2D eigenvalue weighted by atomic mass is 10.1. The van der Waals surface area contributed by atoms with Gasteiger partial charge in [-0.3, -0.25) is 4.98 Å². The van der Waals surface area contributed by atoms with Crippen LogP contribution >= 0.6 is 0 Å². The fourth-order valence-electron chi connectivity index (χ4n) is 2.62. The van der Waals surface area contributed by atoms with Crippen molar-refractivity contribution in [2.24, 2.45) is 0 Å². The molecule has 1 aliphatic heterocycles. The Balaban J connectivity index is 1.72. The van der Waals surface area contributed by atoms with E-state index in [0.29, 0.717) is 0 Å². The molecule has 0 spiro atoms. The van der Waals surface area contributed by atoms with Crippen LogP contribution in [0.2, 0.25) is 0 Å². The van der Waals surface area contributed by atoms with Gasteiger partial charge in [0.2, 0.25) is 0 Å². The predicted molar refractivity (Wildman–Crippen MR) is 82.4 cm³/mol. The average molecular weight is 279 g/mol. The van der Waals surface area contributed by atoms with Crippen molar-refractivity contribution in [3.05, 3.63) is 47.9 Å². The van der Waals surface area contributed by atoms with E-state index in [4.69, 9.17) is 0 Å². The predicted octanol–water partition coefficient (Wildman–Crippen LogP) is 1.98. The maximum absolute atomic E-state index is 9.20. The number of nitriles is 1. The number of nitrogens with zero attached hydrogens (tertiary/aromatic N) is 5. The van der Waals surface area contributed by atoms with Crippen LogP contribution in [0.1, 0.15) is 11.3 Å². The molecule has 0 atom stereocenters. The fourth-order valence-corrected chi connectivity index (χ4v) is 2.62. The van der Waals surface area contributed by atoms with Crippen molar-refractivity contribution in [3.63, 3.8) is 0 Å². The number of piperazine rings is 1. The van der Waals surface area contributed by atoms with Crippen LogP contribution in [0, 0.1) is 18.3 Å². The molecule has 0 unspecified atom stereocenters. The Hall–Kier alpha value is -2.61. The van der Waals surface area contributed by atoms with E-state index < -0.39 is 0 Å². The highest BCUT2D eigenvalue weighted by molar-refractivity contribution is 5.60. The zero-order valence-electron chi connectivity index (χ0n) is 12.0. The molecule has 21 heavy (non-hydrogen) atoms. The average Bonchev–Trinajstić information content (AvgIpc) is 2.55. The summed E-state index contributed by atoms with van der Waals surface area (Å²) in [5, 5.41) is 9.20. The van der Waals surface area contributed by atoms with Crippen LogP contribution in [-0.4, -0.2) is 36.1 Å². The molecule has 0 N–H and O–H groups in total. The first-order chi connectivity index (χ1) is 10.3. The van der Waals surface area contributed by atoms with Crippen molar-refractivity contribution in [2.45, 2.75) is 6.92 Å². The van der Waals surface area contributed by atoms with Crippen LogP contribution in [-0.2, 0) is 0 Å². The summed E-state index contributed by atoms with van der Waals surface area (Å²) in [7, 11) is 0. The summed E-state index contributed by atoms with van der Waals surface area (Å²) in [6, 6.07) is 10.0. The Bertz CT molecular complexity index is 668. The van der Waals surface area contributed by atoms with Gasteiger partial charge in [-0.1, -0.05) is 12.1 Å². The molecular formula is C16H17N5. The Morgan fingerprint density at radius 3 is 2.48 bits per heavy atom. The van der Waals surface area contributed by atoms with Gasteiger partial charge in [0.25, 0.3) is 0 Å². The first-order valence-electron chi connectivity index (χ1n) is 7.05. The molecule has 3 rings (SSSR count). The third-order valence-electron chi connectivity index (χ3n) is 3.71. The summed E-state index contributed by atoms with van der Waals surface area (Å²) in [6.45, 7) is 5.49. The van der Waals surface area contributed by atoms with Gasteiger partial charge in [0.05, 0.1) is 23.1 Å². The van der Waals surface area contributed by atoms with Crippen molar-refractivity contribution in [3.8, 4) is 6.07 Å². The normalized spacial score (nSPS) is 14.9. The Morgan fingerprint density at radius 1 is 1.05 bits per heavy atom. The standard InChI is InChI=1S/C16H17N5/c1-13-11-18-12-16(19-13)21-8-6-20(7-9-21)15-5-3-2-4-14(15)10-17/h2-5,11-12H,6-9H2,1H3. The number of aryl methyl sites for hydroxylation is 1. The van der Waals surface area contributed by atoms with Crippen molar-refractivity contribution < 1.29 is 0 Å². The molecule has 0 saturated carbocycles. The number of anilines is 2. The number of hydrogen-bond donors (Lipinski definition) is 0. The molecule has 5 nitrogen and oxygen atoms in total. The lowest BCUT2D eigenvalue weighted by Crippen LogP contribution is -2.47. The highest BCUT2D eigenvalue weighted by atomic mass is 15.3. The highest BCUT2D eigenvalue weighted by Crippen LogP contribution is 2.22. The minimum Gasteiger partial charge on any atom is -0.367 e. The number of para-hydroxylation sites is 1. The van der Waals surface area contributed by atoms with E-state index in [0.717, 1.165) is 48.9 Å². The molecule has 0 bridgehead atoms. The molecule has 1 aromatic heterocycles. The van der Waals surface area contributed by atoms with E-state index >= 15 is 0 Å². The largest absolute Gasteiger partial charge is 0.367 e. The summed E-state index contributed by atoms with van der Waals surface area (Å²) < 4.78 is 0. The molecule has 1 aromatic carbocycles. The Kier molecular flexibility index (Phi) is 3.69. The number of hydrogen-bond acceptors (Lipinski definition) is 5. The number of benzene rings is 1. The highest BCUT2D eigenvalue weighted by Gasteiger charge is 2.20. The third kappa shape index (κ3) is 2.79. The quantitative estimate of drug-likeness (QED) is 0.841. The van der Waals surface area contributed by atoms with Crippen LogP contribution in [0.4, 0.5) is 11.5 Å². The van der Waals surface area contributed by atoms with Gasteiger partial charge in [0.15, 0.2) is 0 Å². The molecule has 106 valence electrons. The van der Waals surface area contributed by atoms with Gasteiger partial charge in [0.1, 0.15) is 11.9 Å². The van der Waals surface area contributed by atoms with Crippen molar-refractivity contribution in [2.75, 3.05) is 36.0 Å². The third-order valence-corrected chi connectivity index (χ3v) is 3.71. The van der Waals surface area contributed by atoms with E-state index in [2.05, 4.69) is 25.8 Å². The smallest absolute Gasteiger partial charge is 0.147 e. The van der Waals surface area contributed by atoms with E-state index in [9.17, 15) is 5.26 Å². The first kappa shape index (κ1) is 13.4. The number of rotatable bonds is 2. The molecule has 5 heteroatoms. The Morgan fingerprint density at radius 2 is 1.76 bits per heavy atom. The van der Waals surface area contributed by atoms with Gasteiger partial charge in [-0.05, 0) is 19.1 Å². The summed E-state index contributed by atoms with van der Waals surface area (Å²) in [5.74, 6) is 0.934. The summed E-state index contributed by atoms with van der Waals surface area (Å²) >= 11 is 0. The molecule has 0 aliphatic carbocycles. The maximum Gasteiger partial charge on any atom is 0.147 e. The van der Waals surface area contributed by atoms with Gasteiger partial charge >= 0.3 is 0 Å². The number of aromatic nitrogens is 2. The minimum atomic E-state index is 0.737. The van der Waals surface area contributed by atoms with Crippen molar-refractivity contribution >= 4 is 11.5 Å². The second-order valence-corrected chi connectivity index (χ2v) is 5.12. The van der Waals surface area contributed by atoms with Crippen LogP contribution in [0.15, 0.2) is 36.7 Å². The van der Waals surface area contributed by atoms with E-state index in [-0.39, 0.29) is 0 Å². The van der Waals surface area contributed by atoms with Gasteiger partial charge in [-0.15, -0.1) is 0 Å². The van der Waals surface area contributed by atoms with Crippen LogP contribution in [0.5, 0.6) is 0 Å². The van der Waals surface area contributed by atoms with Gasteiger partial charge in [-0.2, -0.15) is 5.26 Å². The molecule has 1 aliphatic rings. The monoisotopic (exact) mass is 279 g/mol. The second kappa shape index (κ2) is 5.80. The van der Waals surface area contributed by atoms with E-state index in [1.165, 1.54) is 0 Å². The van der Waals surface area contributed by atoms with Crippen molar-refractivity contribution in [1.29, 1.82) is 5.26 Å². The minimum absolute atomic E-state index is 0.737. The van der Waals surface area contributed by atoms with Crippen LogP contribution in [0.3, 0.4) is 0 Å². The molecule has 0 radical (unpaired) electrons. The summed E-state index contributed by atoms with van der Waals surface area (Å²) in [4.78, 5) is 13.2. The van der Waals surface area contributed by atoms with E-state index in [1.807, 2.05) is 37.4 Å². The molecule has 1 saturated heterocycles. The summed E-state index contributed by atoms with van der Waals surface area (Å²) in [5.41, 5.74) is 2.70. The lowest BCUT2D eigenvalue weighted by Gasteiger charge is -2.36. The van der Waals surface area contributed by atoms with Gasteiger partial charge in [-0.25, -0.2) is 4.98 Å². The molecular weight excluding hydrogens is 262 g/mol. The molecule has 1 fully saturated rings. The van der Waals surface area contributed by atoms with E-state index in [1.54, 1.807) is 6.20 Å². The molecule has 2 heterocycles. The first-order valence-corrected chi connectivity index (χ1v) is 7.05. The SMILES string of the molecule is Cc1cncc(N2CCN(c3ccccc3C#N)CC2)n1. The second-order valence-electron chi connectivity index (χ2n) is 5.12. The van der Waals surface area contributed by atoms with Gasteiger partial charge in [0, 0.05) is 32.4 Å². The molecule has 0 amide bonds. The zero-order valence-corrected chi connectivity index (χ0v) is 12.0. The lowest BCUT2D eigenvalue weighted by molar-refractivity contribution is 0.645.